The predicted molar refractivity (Wildman–Crippen MR) is 106 cm³/mol. The van der Waals surface area contributed by atoms with Crippen molar-refractivity contribution in [2.45, 2.75) is 13.0 Å². The largest absolute Gasteiger partial charge is 0.497 e. The van der Waals surface area contributed by atoms with Gasteiger partial charge in [-0.05, 0) is 47.9 Å². The van der Waals surface area contributed by atoms with E-state index in [1.165, 1.54) is 6.08 Å². The van der Waals surface area contributed by atoms with E-state index in [2.05, 4.69) is 10.6 Å². The molecular weight excluding hydrogens is 342 g/mol. The first-order chi connectivity index (χ1) is 13.1. The summed E-state index contributed by atoms with van der Waals surface area (Å²) in [5.74, 6) is 0.426. The Morgan fingerprint density at radius 1 is 1.07 bits per heavy atom. The van der Waals surface area contributed by atoms with E-state index >= 15 is 0 Å². The number of nitrogens with one attached hydrogen (secondary N) is 2. The molecule has 0 bridgehead atoms. The molecular formula is C21H25N3O3. The van der Waals surface area contributed by atoms with Gasteiger partial charge in [0.05, 0.1) is 7.11 Å². The molecule has 0 aliphatic carbocycles. The van der Waals surface area contributed by atoms with E-state index in [0.29, 0.717) is 31.6 Å². The number of methoxy groups -OCH3 is 1. The second-order valence-electron chi connectivity index (χ2n) is 5.91. The molecule has 142 valence electrons. The molecule has 0 heterocycles. The van der Waals surface area contributed by atoms with Crippen LogP contribution < -0.4 is 21.1 Å². The molecule has 0 atom stereocenters. The molecule has 2 amide bonds. The van der Waals surface area contributed by atoms with Gasteiger partial charge < -0.3 is 21.1 Å². The maximum atomic E-state index is 12.0. The summed E-state index contributed by atoms with van der Waals surface area (Å²) in [4.78, 5) is 23.8. The van der Waals surface area contributed by atoms with Crippen molar-refractivity contribution >= 4 is 17.9 Å². The minimum atomic E-state index is -0.179. The average Bonchev–Trinajstić information content (AvgIpc) is 2.72. The monoisotopic (exact) mass is 367 g/mol. The summed E-state index contributed by atoms with van der Waals surface area (Å²) in [7, 11) is 1.60. The van der Waals surface area contributed by atoms with Crippen molar-refractivity contribution < 1.29 is 14.3 Å². The van der Waals surface area contributed by atoms with Crippen molar-refractivity contribution in [3.63, 3.8) is 0 Å². The van der Waals surface area contributed by atoms with Crippen molar-refractivity contribution in [2.24, 2.45) is 5.73 Å². The number of hydrogen-bond donors (Lipinski definition) is 3. The van der Waals surface area contributed by atoms with Crippen molar-refractivity contribution in [3.05, 3.63) is 71.3 Å². The molecule has 0 aliphatic rings. The summed E-state index contributed by atoms with van der Waals surface area (Å²) in [6, 6.07) is 14.6. The van der Waals surface area contributed by atoms with E-state index in [-0.39, 0.29) is 11.8 Å². The number of carbonyl (C=O) groups excluding carboxylic acids is 2. The lowest BCUT2D eigenvalue weighted by molar-refractivity contribution is -0.116. The SMILES string of the molecule is COc1cccc(/C=C/C(=O)NCCCNC(=O)c2ccc(CN)cc2)c1. The zero-order chi connectivity index (χ0) is 19.5. The van der Waals surface area contributed by atoms with Crippen LogP contribution in [0.15, 0.2) is 54.6 Å². The maximum absolute atomic E-state index is 12.0. The Morgan fingerprint density at radius 2 is 1.81 bits per heavy atom. The van der Waals surface area contributed by atoms with Gasteiger partial charge in [0.15, 0.2) is 0 Å². The number of carbonyl (C=O) groups is 2. The Bertz CT molecular complexity index is 786. The van der Waals surface area contributed by atoms with Crippen LogP contribution in [0.1, 0.15) is 27.9 Å². The molecule has 0 aliphatic heterocycles. The van der Waals surface area contributed by atoms with Crippen molar-refractivity contribution in [3.8, 4) is 5.75 Å². The number of benzene rings is 2. The Balaban J connectivity index is 1.66. The van der Waals surface area contributed by atoms with Gasteiger partial charge in [0, 0.05) is 31.3 Å². The van der Waals surface area contributed by atoms with E-state index in [4.69, 9.17) is 10.5 Å². The molecule has 2 aromatic carbocycles. The Hall–Kier alpha value is -3.12. The lowest BCUT2D eigenvalue weighted by Gasteiger charge is -2.06. The van der Waals surface area contributed by atoms with E-state index in [1.807, 2.05) is 36.4 Å². The molecule has 4 N–H and O–H groups in total. The van der Waals surface area contributed by atoms with Gasteiger partial charge in [-0.3, -0.25) is 9.59 Å². The maximum Gasteiger partial charge on any atom is 0.251 e. The minimum absolute atomic E-state index is 0.136. The van der Waals surface area contributed by atoms with Crippen LogP contribution in [0, 0.1) is 0 Å². The molecule has 27 heavy (non-hydrogen) atoms. The first-order valence-corrected chi connectivity index (χ1v) is 8.79. The summed E-state index contributed by atoms with van der Waals surface area (Å²) >= 11 is 0. The van der Waals surface area contributed by atoms with Crippen LogP contribution in [0.25, 0.3) is 6.08 Å². The lowest BCUT2D eigenvalue weighted by atomic mass is 10.1. The predicted octanol–water partition coefficient (Wildman–Crippen LogP) is 2.10. The Labute approximate surface area is 159 Å². The van der Waals surface area contributed by atoms with Crippen LogP contribution in [-0.4, -0.2) is 32.0 Å². The highest BCUT2D eigenvalue weighted by Gasteiger charge is 2.04. The highest BCUT2D eigenvalue weighted by molar-refractivity contribution is 5.94. The minimum Gasteiger partial charge on any atom is -0.497 e. The third-order valence-corrected chi connectivity index (χ3v) is 3.91. The van der Waals surface area contributed by atoms with Gasteiger partial charge in [-0.1, -0.05) is 24.3 Å². The van der Waals surface area contributed by atoms with Crippen LogP contribution in [0.5, 0.6) is 5.75 Å². The molecule has 2 rings (SSSR count). The first-order valence-electron chi connectivity index (χ1n) is 8.79. The summed E-state index contributed by atoms with van der Waals surface area (Å²) in [6.45, 7) is 1.42. The second-order valence-corrected chi connectivity index (χ2v) is 5.91. The van der Waals surface area contributed by atoms with Crippen molar-refractivity contribution in [2.75, 3.05) is 20.2 Å². The summed E-state index contributed by atoms with van der Waals surface area (Å²) < 4.78 is 5.14. The molecule has 0 spiro atoms. The lowest BCUT2D eigenvalue weighted by Crippen LogP contribution is -2.29. The molecule has 0 saturated carbocycles. The van der Waals surface area contributed by atoms with Crippen LogP contribution in [0.2, 0.25) is 0 Å². The van der Waals surface area contributed by atoms with Crippen LogP contribution in [0.4, 0.5) is 0 Å². The standard InChI is InChI=1S/C21H25N3O3/c1-27-19-5-2-4-16(14-19)8-11-20(25)23-12-3-13-24-21(26)18-9-6-17(15-22)7-10-18/h2,4-11,14H,3,12-13,15,22H2,1H3,(H,23,25)(H,24,26)/b11-8+. The van der Waals surface area contributed by atoms with Gasteiger partial charge in [-0.15, -0.1) is 0 Å². The van der Waals surface area contributed by atoms with E-state index in [9.17, 15) is 9.59 Å². The molecule has 0 unspecified atom stereocenters. The van der Waals surface area contributed by atoms with E-state index < -0.39 is 0 Å². The highest BCUT2D eigenvalue weighted by Crippen LogP contribution is 2.13. The van der Waals surface area contributed by atoms with Gasteiger partial charge in [0.25, 0.3) is 5.91 Å². The molecule has 6 heteroatoms. The Morgan fingerprint density at radius 3 is 2.52 bits per heavy atom. The number of ether oxygens (including phenoxy) is 1. The van der Waals surface area contributed by atoms with Gasteiger partial charge in [0.2, 0.25) is 5.91 Å². The molecule has 0 fully saturated rings. The normalized spacial score (nSPS) is 10.6. The number of hydrogen-bond acceptors (Lipinski definition) is 4. The topological polar surface area (TPSA) is 93.5 Å². The van der Waals surface area contributed by atoms with Crippen molar-refractivity contribution in [1.29, 1.82) is 0 Å². The number of nitrogens with two attached hydrogens (primary N) is 1. The van der Waals surface area contributed by atoms with Crippen LogP contribution in [-0.2, 0) is 11.3 Å². The second kappa shape index (κ2) is 10.8. The van der Waals surface area contributed by atoms with Gasteiger partial charge in [-0.25, -0.2) is 0 Å². The third-order valence-electron chi connectivity index (χ3n) is 3.91. The summed E-state index contributed by atoms with van der Waals surface area (Å²) in [6.07, 6.45) is 3.85. The zero-order valence-corrected chi connectivity index (χ0v) is 15.4. The summed E-state index contributed by atoms with van der Waals surface area (Å²) in [5.41, 5.74) is 8.00. The number of rotatable bonds is 9. The van der Waals surface area contributed by atoms with Crippen LogP contribution >= 0.6 is 0 Å². The quantitative estimate of drug-likeness (QED) is 0.467. The molecule has 0 aromatic heterocycles. The smallest absolute Gasteiger partial charge is 0.251 e. The fourth-order valence-corrected chi connectivity index (χ4v) is 2.37. The fraction of sp³-hybridized carbons (Fsp3) is 0.238. The first kappa shape index (κ1) is 20.2. The van der Waals surface area contributed by atoms with Gasteiger partial charge >= 0.3 is 0 Å². The number of amides is 2. The summed E-state index contributed by atoms with van der Waals surface area (Å²) in [5, 5.41) is 5.62. The fourth-order valence-electron chi connectivity index (χ4n) is 2.37. The molecule has 2 aromatic rings. The average molecular weight is 367 g/mol. The van der Waals surface area contributed by atoms with Crippen molar-refractivity contribution in [1.82, 2.24) is 10.6 Å². The zero-order valence-electron chi connectivity index (χ0n) is 15.4. The van der Waals surface area contributed by atoms with E-state index in [1.54, 1.807) is 25.3 Å². The molecule has 0 radical (unpaired) electrons. The highest BCUT2D eigenvalue weighted by atomic mass is 16.5. The van der Waals surface area contributed by atoms with Gasteiger partial charge in [-0.2, -0.15) is 0 Å². The Kier molecular flexibility index (Phi) is 8.06. The third kappa shape index (κ3) is 6.95. The molecule has 0 saturated heterocycles. The molecule has 6 nitrogen and oxygen atoms in total. The van der Waals surface area contributed by atoms with Gasteiger partial charge in [0.1, 0.15) is 5.75 Å². The van der Waals surface area contributed by atoms with E-state index in [0.717, 1.165) is 16.9 Å². The van der Waals surface area contributed by atoms with Crippen LogP contribution in [0.3, 0.4) is 0 Å².